The molecule has 0 amide bonds. The quantitative estimate of drug-likeness (QED) is 0.392. The van der Waals surface area contributed by atoms with E-state index < -0.39 is 0 Å². The van der Waals surface area contributed by atoms with Crippen LogP contribution in [0.1, 0.15) is 115 Å². The molecule has 0 aliphatic heterocycles. The van der Waals surface area contributed by atoms with Gasteiger partial charge in [-0.2, -0.15) is 0 Å². The predicted octanol–water partition coefficient (Wildman–Crippen LogP) is 9.07. The highest BCUT2D eigenvalue weighted by Crippen LogP contribution is 2.36. The van der Waals surface area contributed by atoms with Crippen LogP contribution in [0.5, 0.6) is 0 Å². The fraction of sp³-hybridized carbons (Fsp3) is 0.500. The van der Waals surface area contributed by atoms with Gasteiger partial charge in [-0.3, -0.25) is 9.98 Å². The molecular formula is C28H40N2. The van der Waals surface area contributed by atoms with E-state index in [9.17, 15) is 0 Å². The minimum Gasteiger partial charge on any atom is -0.254 e. The minimum atomic E-state index is 0.437. The van der Waals surface area contributed by atoms with Gasteiger partial charge in [0.05, 0.1) is 17.1 Å². The van der Waals surface area contributed by atoms with Crippen LogP contribution < -0.4 is 0 Å². The van der Waals surface area contributed by atoms with Crippen molar-refractivity contribution < 1.29 is 0 Å². The highest BCUT2D eigenvalue weighted by Gasteiger charge is 2.15. The highest BCUT2D eigenvalue weighted by atomic mass is 14.8. The van der Waals surface area contributed by atoms with Gasteiger partial charge in [-0.1, -0.05) is 98.7 Å². The van der Waals surface area contributed by atoms with E-state index in [0.717, 1.165) is 23.5 Å². The molecular weight excluding hydrogens is 364 g/mol. The van der Waals surface area contributed by atoms with Gasteiger partial charge in [-0.25, -0.2) is 0 Å². The molecule has 2 heteroatoms. The average molecular weight is 405 g/mol. The van der Waals surface area contributed by atoms with Crippen molar-refractivity contribution in [2.24, 2.45) is 9.98 Å². The maximum absolute atomic E-state index is 5.15. The van der Waals surface area contributed by atoms with Crippen LogP contribution in [-0.2, 0) is 0 Å². The second kappa shape index (κ2) is 10.7. The molecule has 2 aromatic carbocycles. The fourth-order valence-electron chi connectivity index (χ4n) is 3.78. The van der Waals surface area contributed by atoms with Crippen molar-refractivity contribution in [1.29, 1.82) is 0 Å². The molecule has 2 aromatic rings. The van der Waals surface area contributed by atoms with E-state index in [1.54, 1.807) is 0 Å². The van der Waals surface area contributed by atoms with Crippen LogP contribution in [0, 0.1) is 0 Å². The lowest BCUT2D eigenvalue weighted by atomic mass is 9.92. The second-order valence-corrected chi connectivity index (χ2v) is 9.40. The molecule has 2 rings (SSSR count). The number of nitrogens with zero attached hydrogens (tertiary/aromatic N) is 2. The Labute approximate surface area is 184 Å². The summed E-state index contributed by atoms with van der Waals surface area (Å²) in [6, 6.07) is 13.2. The third kappa shape index (κ3) is 5.68. The summed E-state index contributed by atoms with van der Waals surface area (Å²) >= 11 is 0. The molecule has 0 saturated heterocycles. The van der Waals surface area contributed by atoms with E-state index >= 15 is 0 Å². The Kier molecular flexibility index (Phi) is 8.58. The standard InChI is InChI=1S/C28H40N2/c1-10-22(30-28-25(20(6)7)15-12-16-26(28)21(8)9)17-29-27-23(18(2)3)13-11-14-24(27)19(4)5/h11-21H,10H2,1-9H3. The minimum absolute atomic E-state index is 0.437. The van der Waals surface area contributed by atoms with Crippen molar-refractivity contribution in [3.8, 4) is 0 Å². The first-order chi connectivity index (χ1) is 14.2. The SMILES string of the molecule is CCC(C=Nc1c(C(C)C)cccc1C(C)C)=Nc1c(C(C)C)cccc1C(C)C. The van der Waals surface area contributed by atoms with Crippen molar-refractivity contribution in [3.63, 3.8) is 0 Å². The van der Waals surface area contributed by atoms with Gasteiger partial charge in [0.15, 0.2) is 0 Å². The van der Waals surface area contributed by atoms with E-state index in [1.807, 2.05) is 6.21 Å². The Hall–Kier alpha value is -2.22. The highest BCUT2D eigenvalue weighted by molar-refractivity contribution is 6.31. The zero-order chi connectivity index (χ0) is 22.4. The second-order valence-electron chi connectivity index (χ2n) is 9.40. The molecule has 30 heavy (non-hydrogen) atoms. The summed E-state index contributed by atoms with van der Waals surface area (Å²) in [7, 11) is 0. The molecule has 0 saturated carbocycles. The maximum atomic E-state index is 5.15. The van der Waals surface area contributed by atoms with Crippen LogP contribution >= 0.6 is 0 Å². The molecule has 0 fully saturated rings. The molecule has 0 heterocycles. The molecule has 0 aromatic heterocycles. The number of hydrogen-bond donors (Lipinski definition) is 0. The molecule has 0 aliphatic carbocycles. The summed E-state index contributed by atoms with van der Waals surface area (Å²) in [5, 5.41) is 0. The zero-order valence-electron chi connectivity index (χ0n) is 20.5. The Morgan fingerprint density at radius 1 is 0.667 bits per heavy atom. The smallest absolute Gasteiger partial charge is 0.0702 e. The monoisotopic (exact) mass is 404 g/mol. The van der Waals surface area contributed by atoms with Crippen molar-refractivity contribution in [2.45, 2.75) is 92.4 Å². The third-order valence-corrected chi connectivity index (χ3v) is 5.65. The Bertz CT molecular complexity index is 846. The molecule has 0 bridgehead atoms. The first-order valence-electron chi connectivity index (χ1n) is 11.5. The van der Waals surface area contributed by atoms with Crippen LogP contribution in [0.2, 0.25) is 0 Å². The molecule has 162 valence electrons. The summed E-state index contributed by atoms with van der Waals surface area (Å²) in [6.45, 7) is 20.1. The van der Waals surface area contributed by atoms with E-state index in [-0.39, 0.29) is 0 Å². The molecule has 0 N–H and O–H groups in total. The van der Waals surface area contributed by atoms with Gasteiger partial charge >= 0.3 is 0 Å². The normalized spacial score (nSPS) is 12.9. The van der Waals surface area contributed by atoms with Crippen molar-refractivity contribution >= 4 is 23.3 Å². The van der Waals surface area contributed by atoms with Crippen molar-refractivity contribution in [2.75, 3.05) is 0 Å². The Morgan fingerprint density at radius 2 is 1.03 bits per heavy atom. The van der Waals surface area contributed by atoms with Gasteiger partial charge < -0.3 is 0 Å². The van der Waals surface area contributed by atoms with Crippen molar-refractivity contribution in [1.82, 2.24) is 0 Å². The number of benzene rings is 2. The molecule has 2 nitrogen and oxygen atoms in total. The zero-order valence-corrected chi connectivity index (χ0v) is 20.5. The third-order valence-electron chi connectivity index (χ3n) is 5.65. The summed E-state index contributed by atoms with van der Waals surface area (Å²) in [5.74, 6) is 1.75. The van der Waals surface area contributed by atoms with Crippen molar-refractivity contribution in [3.05, 3.63) is 58.7 Å². The van der Waals surface area contributed by atoms with E-state index in [2.05, 4.69) is 98.7 Å². The van der Waals surface area contributed by atoms with Crippen LogP contribution in [0.25, 0.3) is 0 Å². The maximum Gasteiger partial charge on any atom is 0.0702 e. The van der Waals surface area contributed by atoms with Gasteiger partial charge in [-0.15, -0.1) is 0 Å². The van der Waals surface area contributed by atoms with Crippen LogP contribution in [-0.4, -0.2) is 11.9 Å². The van der Waals surface area contributed by atoms with Crippen LogP contribution in [0.15, 0.2) is 46.4 Å². The lowest BCUT2D eigenvalue weighted by molar-refractivity contribution is 0.834. The van der Waals surface area contributed by atoms with Gasteiger partial charge in [0.25, 0.3) is 0 Å². The summed E-state index contributed by atoms with van der Waals surface area (Å²) in [6.07, 6.45) is 2.85. The lowest BCUT2D eigenvalue weighted by Crippen LogP contribution is -2.02. The van der Waals surface area contributed by atoms with Gasteiger partial charge in [-0.05, 0) is 52.3 Å². The summed E-state index contributed by atoms with van der Waals surface area (Å²) < 4.78 is 0. The molecule has 0 atom stereocenters. The number of aliphatic imine (C=N–C) groups is 2. The molecule has 0 radical (unpaired) electrons. The number of para-hydroxylation sites is 2. The first kappa shape index (κ1) is 24.1. The van der Waals surface area contributed by atoms with Gasteiger partial charge in [0.2, 0.25) is 0 Å². The van der Waals surface area contributed by atoms with Gasteiger partial charge in [0, 0.05) is 6.21 Å². The lowest BCUT2D eigenvalue weighted by Gasteiger charge is -2.17. The van der Waals surface area contributed by atoms with E-state index in [1.165, 1.54) is 22.3 Å². The van der Waals surface area contributed by atoms with Crippen LogP contribution in [0.3, 0.4) is 0 Å². The molecule has 0 spiro atoms. The molecule has 0 unspecified atom stereocenters. The topological polar surface area (TPSA) is 24.7 Å². The van der Waals surface area contributed by atoms with E-state index in [4.69, 9.17) is 9.98 Å². The van der Waals surface area contributed by atoms with Gasteiger partial charge in [0.1, 0.15) is 0 Å². The number of hydrogen-bond acceptors (Lipinski definition) is 2. The first-order valence-corrected chi connectivity index (χ1v) is 11.5. The van der Waals surface area contributed by atoms with E-state index in [0.29, 0.717) is 23.7 Å². The average Bonchev–Trinajstić information content (AvgIpc) is 2.70. The predicted molar refractivity (Wildman–Crippen MR) is 135 cm³/mol. The summed E-state index contributed by atoms with van der Waals surface area (Å²) in [4.78, 5) is 10.2. The number of rotatable bonds is 8. The fourth-order valence-corrected chi connectivity index (χ4v) is 3.78. The Morgan fingerprint density at radius 3 is 1.37 bits per heavy atom. The summed E-state index contributed by atoms with van der Waals surface area (Å²) in [5.41, 5.74) is 8.50. The Balaban J connectivity index is 2.59. The molecule has 0 aliphatic rings. The largest absolute Gasteiger partial charge is 0.254 e. The van der Waals surface area contributed by atoms with Crippen LogP contribution in [0.4, 0.5) is 11.4 Å².